The number of aliphatic imine (C=N–C) groups is 1. The second kappa shape index (κ2) is 6.00. The Balaban J connectivity index is 1.92. The van der Waals surface area contributed by atoms with Crippen LogP contribution < -0.4 is 0 Å². The van der Waals surface area contributed by atoms with Gasteiger partial charge in [0.25, 0.3) is 5.69 Å². The first-order valence-electron chi connectivity index (χ1n) is 6.87. The summed E-state index contributed by atoms with van der Waals surface area (Å²) in [5.74, 6) is -1.17. The van der Waals surface area contributed by atoms with E-state index < -0.39 is 21.7 Å². The minimum Gasteiger partial charge on any atom is -0.402 e. The third kappa shape index (κ3) is 3.13. The molecule has 0 bridgehead atoms. The third-order valence-electron chi connectivity index (χ3n) is 3.33. The first kappa shape index (κ1) is 16.1. The fourth-order valence-corrected chi connectivity index (χ4v) is 2.18. The number of hydrogen-bond donors (Lipinski definition) is 0. The number of rotatable bonds is 4. The van der Waals surface area contributed by atoms with Gasteiger partial charge in [0.15, 0.2) is 5.70 Å². The van der Waals surface area contributed by atoms with Crippen LogP contribution in [-0.2, 0) is 9.53 Å². The summed E-state index contributed by atoms with van der Waals surface area (Å²) >= 11 is 0. The Labute approximate surface area is 139 Å². The summed E-state index contributed by atoms with van der Waals surface area (Å²) < 4.78 is 9.97. The van der Waals surface area contributed by atoms with Crippen molar-refractivity contribution in [2.45, 2.75) is 6.92 Å². The van der Waals surface area contributed by atoms with Crippen molar-refractivity contribution in [2.24, 2.45) is 4.99 Å². The zero-order chi connectivity index (χ0) is 18.1. The summed E-state index contributed by atoms with van der Waals surface area (Å²) in [6.07, 6.45) is 1.21. The van der Waals surface area contributed by atoms with E-state index in [1.54, 1.807) is 6.92 Å². The summed E-state index contributed by atoms with van der Waals surface area (Å²) in [6.45, 7) is 1.55. The van der Waals surface area contributed by atoms with Crippen LogP contribution in [0.2, 0.25) is 0 Å². The van der Waals surface area contributed by atoms with Crippen LogP contribution in [0, 0.1) is 27.2 Å². The number of nitro benzene ring substituents is 1. The maximum Gasteiger partial charge on any atom is 0.433 e. The average molecular weight is 343 g/mol. The second-order valence-corrected chi connectivity index (χ2v) is 5.03. The van der Waals surface area contributed by atoms with Crippen molar-refractivity contribution >= 4 is 29.5 Å². The monoisotopic (exact) mass is 343 g/mol. The molecular formula is C15H9N3O7. The van der Waals surface area contributed by atoms with E-state index in [1.165, 1.54) is 30.3 Å². The Kier molecular flexibility index (Phi) is 3.85. The normalized spacial score (nSPS) is 15.2. The summed E-state index contributed by atoms with van der Waals surface area (Å²) in [6, 6.07) is 6.65. The van der Waals surface area contributed by atoms with Gasteiger partial charge in [0.05, 0.1) is 11.0 Å². The van der Waals surface area contributed by atoms with Gasteiger partial charge >= 0.3 is 11.9 Å². The molecule has 10 nitrogen and oxygen atoms in total. The Hall–Kier alpha value is -3.82. The third-order valence-corrected chi connectivity index (χ3v) is 3.33. The molecule has 1 aromatic carbocycles. The molecule has 0 saturated heterocycles. The molecule has 1 aliphatic heterocycles. The van der Waals surface area contributed by atoms with Gasteiger partial charge in [0, 0.05) is 23.3 Å². The van der Waals surface area contributed by atoms with E-state index in [0.29, 0.717) is 11.1 Å². The molecular weight excluding hydrogens is 334 g/mol. The van der Waals surface area contributed by atoms with Crippen LogP contribution in [-0.4, -0.2) is 21.7 Å². The molecule has 0 atom stereocenters. The average Bonchev–Trinajstić information content (AvgIpc) is 3.15. The lowest BCUT2D eigenvalue weighted by Gasteiger charge is -2.01. The van der Waals surface area contributed by atoms with E-state index in [4.69, 9.17) is 9.15 Å². The first-order valence-corrected chi connectivity index (χ1v) is 6.87. The minimum absolute atomic E-state index is 0.0182. The Morgan fingerprint density at radius 3 is 2.48 bits per heavy atom. The number of carbonyl (C=O) groups is 1. The lowest BCUT2D eigenvalue weighted by molar-refractivity contribution is -0.402. The molecule has 1 aromatic heterocycles. The maximum absolute atomic E-state index is 11.9. The van der Waals surface area contributed by atoms with Crippen LogP contribution in [0.5, 0.6) is 0 Å². The minimum atomic E-state index is -0.759. The van der Waals surface area contributed by atoms with Gasteiger partial charge in [0.1, 0.15) is 10.7 Å². The van der Waals surface area contributed by atoms with Crippen LogP contribution in [0.1, 0.15) is 16.9 Å². The smallest absolute Gasteiger partial charge is 0.402 e. The lowest BCUT2D eigenvalue weighted by atomic mass is 10.1. The molecule has 0 spiro atoms. The van der Waals surface area contributed by atoms with E-state index in [2.05, 4.69) is 4.99 Å². The number of aryl methyl sites for hydroxylation is 1. The number of nitro groups is 2. The number of benzene rings is 1. The van der Waals surface area contributed by atoms with E-state index in [0.717, 1.165) is 6.07 Å². The van der Waals surface area contributed by atoms with Crippen LogP contribution in [0.25, 0.3) is 6.08 Å². The summed E-state index contributed by atoms with van der Waals surface area (Å²) in [7, 11) is 0. The summed E-state index contributed by atoms with van der Waals surface area (Å²) in [5, 5.41) is 21.4. The van der Waals surface area contributed by atoms with E-state index in [-0.39, 0.29) is 23.0 Å². The maximum atomic E-state index is 11.9. The Morgan fingerprint density at radius 1 is 1.12 bits per heavy atom. The molecule has 2 aromatic rings. The van der Waals surface area contributed by atoms with Crippen molar-refractivity contribution < 1.29 is 23.8 Å². The van der Waals surface area contributed by atoms with Crippen molar-refractivity contribution in [1.82, 2.24) is 0 Å². The van der Waals surface area contributed by atoms with Crippen molar-refractivity contribution in [3.05, 3.63) is 73.1 Å². The van der Waals surface area contributed by atoms with Crippen LogP contribution in [0.4, 0.5) is 11.6 Å². The first-order chi connectivity index (χ1) is 11.8. The fourth-order valence-electron chi connectivity index (χ4n) is 2.18. The SMILES string of the molecule is Cc1cc(C2=N/C(=C\c3ccc([N+](=O)[O-])o3)C(=O)O2)ccc1[N+](=O)[O-]. The Bertz CT molecular complexity index is 971. The standard InChI is InChI=1S/C15H9N3O7/c1-8-6-9(2-4-12(8)17(20)21)14-16-11(15(19)25-14)7-10-3-5-13(24-10)18(22)23/h2-7H,1H3/b11-7-. The number of hydrogen-bond acceptors (Lipinski definition) is 8. The van der Waals surface area contributed by atoms with Crippen LogP contribution in [0.15, 0.2) is 45.4 Å². The molecule has 0 unspecified atom stereocenters. The van der Waals surface area contributed by atoms with Gasteiger partial charge in [0.2, 0.25) is 5.90 Å². The highest BCUT2D eigenvalue weighted by atomic mass is 16.6. The lowest BCUT2D eigenvalue weighted by Crippen LogP contribution is -2.06. The van der Waals surface area contributed by atoms with Gasteiger partial charge in [-0.3, -0.25) is 20.2 Å². The molecule has 0 saturated carbocycles. The molecule has 3 rings (SSSR count). The van der Waals surface area contributed by atoms with Gasteiger partial charge in [-0.25, -0.2) is 9.79 Å². The highest BCUT2D eigenvalue weighted by Crippen LogP contribution is 2.24. The van der Waals surface area contributed by atoms with Crippen molar-refractivity contribution in [3.8, 4) is 0 Å². The molecule has 1 aliphatic rings. The van der Waals surface area contributed by atoms with Crippen molar-refractivity contribution in [1.29, 1.82) is 0 Å². The quantitative estimate of drug-likeness (QED) is 0.360. The summed E-state index contributed by atoms with van der Waals surface area (Å²) in [4.78, 5) is 36.1. The second-order valence-electron chi connectivity index (χ2n) is 5.03. The van der Waals surface area contributed by atoms with Crippen molar-refractivity contribution in [2.75, 3.05) is 0 Å². The van der Waals surface area contributed by atoms with E-state index in [9.17, 15) is 25.0 Å². The molecule has 0 fully saturated rings. The number of cyclic esters (lactones) is 1. The highest BCUT2D eigenvalue weighted by Gasteiger charge is 2.26. The number of nitrogens with zero attached hydrogens (tertiary/aromatic N) is 3. The van der Waals surface area contributed by atoms with Gasteiger partial charge in [-0.2, -0.15) is 0 Å². The topological polar surface area (TPSA) is 138 Å². The molecule has 10 heteroatoms. The number of esters is 1. The predicted molar refractivity (Wildman–Crippen MR) is 83.8 cm³/mol. The zero-order valence-electron chi connectivity index (χ0n) is 12.7. The molecule has 2 heterocycles. The molecule has 0 aliphatic carbocycles. The largest absolute Gasteiger partial charge is 0.433 e. The number of ether oxygens (including phenoxy) is 1. The summed E-state index contributed by atoms with van der Waals surface area (Å²) in [5.41, 5.74) is 0.619. The van der Waals surface area contributed by atoms with E-state index >= 15 is 0 Å². The predicted octanol–water partition coefficient (Wildman–Crippen LogP) is 2.75. The van der Waals surface area contributed by atoms with Crippen LogP contribution >= 0.6 is 0 Å². The molecule has 126 valence electrons. The van der Waals surface area contributed by atoms with Gasteiger partial charge < -0.3 is 9.15 Å². The number of carbonyl (C=O) groups excluding carboxylic acids is 1. The zero-order valence-corrected chi connectivity index (χ0v) is 12.7. The fraction of sp³-hybridized carbons (Fsp3) is 0.0667. The van der Waals surface area contributed by atoms with E-state index in [1.807, 2.05) is 0 Å². The van der Waals surface area contributed by atoms with Gasteiger partial charge in [-0.1, -0.05) is 0 Å². The Morgan fingerprint density at radius 2 is 1.88 bits per heavy atom. The van der Waals surface area contributed by atoms with Crippen molar-refractivity contribution in [3.63, 3.8) is 0 Å². The number of furan rings is 1. The molecule has 0 amide bonds. The molecule has 0 N–H and O–H groups in total. The molecule has 25 heavy (non-hydrogen) atoms. The molecule has 0 radical (unpaired) electrons. The highest BCUT2D eigenvalue weighted by molar-refractivity contribution is 6.12. The van der Waals surface area contributed by atoms with Gasteiger partial charge in [-0.15, -0.1) is 0 Å². The van der Waals surface area contributed by atoms with Crippen LogP contribution in [0.3, 0.4) is 0 Å². The van der Waals surface area contributed by atoms with Gasteiger partial charge in [-0.05, 0) is 25.1 Å².